The summed E-state index contributed by atoms with van der Waals surface area (Å²) < 4.78 is 44.4. The van der Waals surface area contributed by atoms with Gasteiger partial charge in [0.25, 0.3) is 0 Å². The van der Waals surface area contributed by atoms with Gasteiger partial charge >= 0.3 is 6.18 Å². The van der Waals surface area contributed by atoms with E-state index < -0.39 is 12.6 Å². The van der Waals surface area contributed by atoms with E-state index in [-0.39, 0.29) is 13.0 Å². The van der Waals surface area contributed by atoms with Crippen LogP contribution in [0.5, 0.6) is 5.75 Å². The molecule has 0 aliphatic heterocycles. The van der Waals surface area contributed by atoms with Gasteiger partial charge in [-0.25, -0.2) is 0 Å². The smallest absolute Gasteiger partial charge is 0.389 e. The first-order chi connectivity index (χ1) is 17.0. The van der Waals surface area contributed by atoms with Crippen LogP contribution in [0.1, 0.15) is 17.7 Å². The highest BCUT2D eigenvalue weighted by molar-refractivity contribution is 5.85. The molecule has 0 bridgehead atoms. The van der Waals surface area contributed by atoms with E-state index in [9.17, 15) is 13.2 Å². The van der Waals surface area contributed by atoms with Crippen LogP contribution in [-0.2, 0) is 13.0 Å². The number of tetrazole rings is 1. The maximum atomic E-state index is 12.8. The molecule has 0 fully saturated rings. The van der Waals surface area contributed by atoms with Crippen molar-refractivity contribution in [2.75, 3.05) is 0 Å². The van der Waals surface area contributed by atoms with Gasteiger partial charge < -0.3 is 4.74 Å². The molecule has 0 radical (unpaired) electrons. The van der Waals surface area contributed by atoms with Crippen LogP contribution in [0.3, 0.4) is 0 Å². The van der Waals surface area contributed by atoms with Gasteiger partial charge in [-0.3, -0.25) is 4.98 Å². The van der Waals surface area contributed by atoms with Crippen molar-refractivity contribution in [1.82, 2.24) is 25.6 Å². The number of hydrogen-bond acceptors (Lipinski definition) is 5. The average molecular weight is 475 g/mol. The molecule has 0 amide bonds. The summed E-state index contributed by atoms with van der Waals surface area (Å²) in [5.74, 6) is 0.940. The van der Waals surface area contributed by atoms with Gasteiger partial charge in [-0.15, -0.1) is 10.2 Å². The van der Waals surface area contributed by atoms with Gasteiger partial charge in [-0.05, 0) is 46.5 Å². The monoisotopic (exact) mass is 475 g/mol. The van der Waals surface area contributed by atoms with Crippen molar-refractivity contribution in [2.45, 2.75) is 25.6 Å². The number of benzene rings is 3. The van der Waals surface area contributed by atoms with Crippen LogP contribution in [0.4, 0.5) is 13.2 Å². The van der Waals surface area contributed by atoms with E-state index in [2.05, 4.69) is 25.6 Å². The fourth-order valence-corrected chi connectivity index (χ4v) is 3.89. The predicted octanol–water partition coefficient (Wildman–Crippen LogP) is 6.16. The summed E-state index contributed by atoms with van der Waals surface area (Å²) in [6, 6.07) is 24.5. The topological polar surface area (TPSA) is 76.6 Å². The molecule has 0 saturated heterocycles. The number of aromatic nitrogens is 5. The van der Waals surface area contributed by atoms with Crippen LogP contribution in [-0.4, -0.2) is 31.8 Å². The summed E-state index contributed by atoms with van der Waals surface area (Å²) in [6.45, 7) is 0.201. The third-order valence-electron chi connectivity index (χ3n) is 5.55. The highest BCUT2D eigenvalue weighted by Crippen LogP contribution is 2.32. The van der Waals surface area contributed by atoms with E-state index in [1.54, 1.807) is 18.2 Å². The summed E-state index contributed by atoms with van der Waals surface area (Å²) in [5, 5.41) is 15.2. The molecule has 0 aliphatic rings. The predicted molar refractivity (Wildman–Crippen MR) is 126 cm³/mol. The molecule has 5 rings (SSSR count). The fourth-order valence-electron chi connectivity index (χ4n) is 3.89. The molecule has 6 nitrogen and oxygen atoms in total. The molecule has 1 N–H and O–H groups in total. The molecule has 2 heterocycles. The molecule has 0 unspecified atom stereocenters. The zero-order valence-electron chi connectivity index (χ0n) is 18.5. The first-order valence-corrected chi connectivity index (χ1v) is 11.0. The molecule has 9 heteroatoms. The summed E-state index contributed by atoms with van der Waals surface area (Å²) in [7, 11) is 0. The zero-order chi connectivity index (χ0) is 24.3. The van der Waals surface area contributed by atoms with E-state index in [0.29, 0.717) is 22.8 Å². The fraction of sp³-hybridized carbons (Fsp3) is 0.154. The third kappa shape index (κ3) is 5.29. The second kappa shape index (κ2) is 9.54. The molecule has 35 heavy (non-hydrogen) atoms. The minimum Gasteiger partial charge on any atom is -0.488 e. The lowest BCUT2D eigenvalue weighted by molar-refractivity contribution is -0.134. The Labute approximate surface area is 198 Å². The normalized spacial score (nSPS) is 11.6. The Balaban J connectivity index is 1.45. The molecule has 0 spiro atoms. The number of alkyl halides is 3. The first kappa shape index (κ1) is 22.5. The maximum absolute atomic E-state index is 12.8. The number of nitrogens with zero attached hydrogens (tertiary/aromatic N) is 4. The van der Waals surface area contributed by atoms with E-state index in [0.717, 1.165) is 27.6 Å². The summed E-state index contributed by atoms with van der Waals surface area (Å²) in [6.07, 6.45) is -5.40. The van der Waals surface area contributed by atoms with Crippen molar-refractivity contribution in [3.05, 3.63) is 90.1 Å². The number of pyridine rings is 1. The molecule has 0 saturated carbocycles. The SMILES string of the molecule is FC(F)(F)CCc1cc(OCc2ccc(-c3ccccc3)c(-c3nn[nH]n3)c2)c2ccccc2n1. The molecule has 176 valence electrons. The van der Waals surface area contributed by atoms with Crippen LogP contribution in [0.2, 0.25) is 0 Å². The molecule has 0 atom stereocenters. The van der Waals surface area contributed by atoms with Gasteiger partial charge in [0, 0.05) is 29.1 Å². The summed E-state index contributed by atoms with van der Waals surface area (Å²) in [4.78, 5) is 4.38. The molecule has 3 aromatic carbocycles. The number of halogens is 3. The van der Waals surface area contributed by atoms with Crippen molar-refractivity contribution < 1.29 is 17.9 Å². The quantitative estimate of drug-likeness (QED) is 0.305. The van der Waals surface area contributed by atoms with Crippen molar-refractivity contribution in [1.29, 1.82) is 0 Å². The molecule has 2 aromatic heterocycles. The van der Waals surface area contributed by atoms with Crippen molar-refractivity contribution >= 4 is 10.9 Å². The lowest BCUT2D eigenvalue weighted by atomic mass is 9.97. The van der Waals surface area contributed by atoms with Crippen molar-refractivity contribution in [3.63, 3.8) is 0 Å². The minimum absolute atomic E-state index is 0.201. The number of aromatic amines is 1. The van der Waals surface area contributed by atoms with Crippen molar-refractivity contribution in [2.24, 2.45) is 0 Å². The maximum Gasteiger partial charge on any atom is 0.389 e. The molecule has 0 aliphatic carbocycles. The van der Waals surface area contributed by atoms with Gasteiger partial charge in [0.05, 0.1) is 5.52 Å². The van der Waals surface area contributed by atoms with Crippen LogP contribution < -0.4 is 4.74 Å². The van der Waals surface area contributed by atoms with Gasteiger partial charge in [-0.1, -0.05) is 54.6 Å². The van der Waals surface area contributed by atoms with Crippen molar-refractivity contribution in [3.8, 4) is 28.3 Å². The average Bonchev–Trinajstić information content (AvgIpc) is 3.41. The van der Waals surface area contributed by atoms with Gasteiger partial charge in [0.2, 0.25) is 5.82 Å². The Hall–Kier alpha value is -4.27. The Morgan fingerprint density at radius 2 is 1.66 bits per heavy atom. The number of hydrogen-bond donors (Lipinski definition) is 1. The van der Waals surface area contributed by atoms with Crippen LogP contribution in [0, 0.1) is 0 Å². The highest BCUT2D eigenvalue weighted by Gasteiger charge is 2.27. The molecular formula is C26H20F3N5O. The second-order valence-corrected chi connectivity index (χ2v) is 8.01. The van der Waals surface area contributed by atoms with E-state index in [1.165, 1.54) is 0 Å². The Morgan fingerprint density at radius 1 is 0.857 bits per heavy atom. The number of ether oxygens (including phenoxy) is 1. The van der Waals surface area contributed by atoms with Crippen LogP contribution in [0.15, 0.2) is 78.9 Å². The Morgan fingerprint density at radius 3 is 2.43 bits per heavy atom. The van der Waals surface area contributed by atoms with Gasteiger partial charge in [0.1, 0.15) is 12.4 Å². The number of nitrogens with one attached hydrogen (secondary N) is 1. The largest absolute Gasteiger partial charge is 0.488 e. The van der Waals surface area contributed by atoms with Crippen LogP contribution >= 0.6 is 0 Å². The summed E-state index contributed by atoms with van der Waals surface area (Å²) >= 11 is 0. The van der Waals surface area contributed by atoms with E-state index >= 15 is 0 Å². The lowest BCUT2D eigenvalue weighted by Gasteiger charge is -2.14. The number of fused-ring (bicyclic) bond motifs is 1. The number of aryl methyl sites for hydroxylation is 1. The van der Waals surface area contributed by atoms with Gasteiger partial charge in [0.15, 0.2) is 0 Å². The number of para-hydroxylation sites is 1. The second-order valence-electron chi connectivity index (χ2n) is 8.01. The highest BCUT2D eigenvalue weighted by atomic mass is 19.4. The molecule has 5 aromatic rings. The Bertz CT molecular complexity index is 1440. The standard InChI is InChI=1S/C26H20F3N5O/c27-26(28,29)13-12-19-15-24(21-8-4-5-9-23(21)30-19)35-16-17-10-11-20(18-6-2-1-3-7-18)22(14-17)25-31-33-34-32-25/h1-11,14-15H,12-13,16H2,(H,31,32,33,34). The first-order valence-electron chi connectivity index (χ1n) is 11.0. The van der Waals surface area contributed by atoms with Crippen LogP contribution in [0.25, 0.3) is 33.4 Å². The minimum atomic E-state index is -4.25. The Kier molecular flexibility index (Phi) is 6.13. The number of H-pyrrole nitrogens is 1. The van der Waals surface area contributed by atoms with E-state index in [1.807, 2.05) is 60.7 Å². The zero-order valence-corrected chi connectivity index (χ0v) is 18.5. The third-order valence-corrected chi connectivity index (χ3v) is 5.55. The van der Waals surface area contributed by atoms with E-state index in [4.69, 9.17) is 4.74 Å². The number of rotatable bonds is 7. The lowest BCUT2D eigenvalue weighted by Crippen LogP contribution is -2.09. The molecular weight excluding hydrogens is 455 g/mol. The summed E-state index contributed by atoms with van der Waals surface area (Å²) in [5.41, 5.74) is 4.52. The van der Waals surface area contributed by atoms with Gasteiger partial charge in [-0.2, -0.15) is 18.4 Å².